The van der Waals surface area contributed by atoms with Crippen LogP contribution in [0.25, 0.3) is 0 Å². The third kappa shape index (κ3) is 3.53. The van der Waals surface area contributed by atoms with Gasteiger partial charge in [0.25, 0.3) is 5.88 Å². The average molecular weight is 284 g/mol. The van der Waals surface area contributed by atoms with Crippen LogP contribution in [0.2, 0.25) is 0 Å². The Morgan fingerprint density at radius 1 is 1.45 bits per heavy atom. The number of carbonyl (C=O) groups is 1. The summed E-state index contributed by atoms with van der Waals surface area (Å²) in [5.74, 6) is -0.610. The number of anilines is 1. The van der Waals surface area contributed by atoms with Crippen LogP contribution in [0.5, 0.6) is 5.88 Å². The maximum absolute atomic E-state index is 11.5. The van der Waals surface area contributed by atoms with Crippen LogP contribution in [0, 0.1) is 10.1 Å². The highest BCUT2D eigenvalue weighted by atomic mass is 16.6. The first-order chi connectivity index (χ1) is 9.54. The molecule has 0 radical (unpaired) electrons. The van der Waals surface area contributed by atoms with Gasteiger partial charge in [-0.1, -0.05) is 0 Å². The summed E-state index contributed by atoms with van der Waals surface area (Å²) >= 11 is 0. The molecule has 1 heterocycles. The van der Waals surface area contributed by atoms with E-state index in [-0.39, 0.29) is 30.5 Å². The van der Waals surface area contributed by atoms with E-state index in [4.69, 9.17) is 9.47 Å². The number of esters is 1. The van der Waals surface area contributed by atoms with E-state index in [0.717, 1.165) is 6.33 Å². The molecule has 9 nitrogen and oxygen atoms in total. The zero-order chi connectivity index (χ0) is 15.1. The predicted molar refractivity (Wildman–Crippen MR) is 69.8 cm³/mol. The molecule has 0 unspecified atom stereocenters. The number of hydrogen-bond donors (Lipinski definition) is 0. The first-order valence-electron chi connectivity index (χ1n) is 5.99. The van der Waals surface area contributed by atoms with E-state index in [1.165, 1.54) is 12.0 Å². The predicted octanol–water partition coefficient (Wildman–Crippen LogP) is 0.783. The third-order valence-corrected chi connectivity index (χ3v) is 2.45. The summed E-state index contributed by atoms with van der Waals surface area (Å²) in [4.78, 5) is 31.0. The van der Waals surface area contributed by atoms with Crippen LogP contribution < -0.4 is 9.64 Å². The van der Waals surface area contributed by atoms with Crippen molar-refractivity contribution in [2.75, 3.05) is 31.7 Å². The summed E-state index contributed by atoms with van der Waals surface area (Å²) in [5, 5.41) is 11.1. The molecule has 0 fully saturated rings. The number of methoxy groups -OCH3 is 1. The maximum atomic E-state index is 11.5. The second kappa shape index (κ2) is 7.22. The molecule has 0 saturated heterocycles. The lowest BCUT2D eigenvalue weighted by Gasteiger charge is -2.20. The summed E-state index contributed by atoms with van der Waals surface area (Å²) < 4.78 is 9.69. The van der Waals surface area contributed by atoms with Gasteiger partial charge in [0, 0.05) is 6.54 Å². The highest BCUT2D eigenvalue weighted by Crippen LogP contribution is 2.32. The summed E-state index contributed by atoms with van der Waals surface area (Å²) in [6.07, 6.45) is 1.15. The number of carbonyl (C=O) groups excluding carboxylic acids is 1. The van der Waals surface area contributed by atoms with Gasteiger partial charge in [0.2, 0.25) is 5.82 Å². The molecular formula is C11H16N4O5. The normalized spacial score (nSPS) is 9.95. The van der Waals surface area contributed by atoms with Gasteiger partial charge in [0.15, 0.2) is 0 Å². The Balaban J connectivity index is 3.14. The van der Waals surface area contributed by atoms with Crippen molar-refractivity contribution in [2.24, 2.45) is 0 Å². The van der Waals surface area contributed by atoms with Crippen LogP contribution >= 0.6 is 0 Å². The van der Waals surface area contributed by atoms with Gasteiger partial charge in [0.1, 0.15) is 12.9 Å². The lowest BCUT2D eigenvalue weighted by molar-refractivity contribution is -0.385. The molecule has 0 aliphatic carbocycles. The number of rotatable bonds is 7. The fourth-order valence-electron chi connectivity index (χ4n) is 1.59. The lowest BCUT2D eigenvalue weighted by Crippen LogP contribution is -2.32. The molecule has 0 N–H and O–H groups in total. The molecule has 0 atom stereocenters. The number of aromatic nitrogens is 2. The summed E-state index contributed by atoms with van der Waals surface area (Å²) in [5.41, 5.74) is -0.374. The molecule has 0 spiro atoms. The molecule has 0 aliphatic rings. The SMILES string of the molecule is CCOC(=O)CN(CC)c1ncnc(OC)c1[N+](=O)[O-]. The van der Waals surface area contributed by atoms with Crippen molar-refractivity contribution >= 4 is 17.5 Å². The van der Waals surface area contributed by atoms with Crippen molar-refractivity contribution in [1.82, 2.24) is 9.97 Å². The van der Waals surface area contributed by atoms with Crippen LogP contribution in [0.1, 0.15) is 13.8 Å². The second-order valence-electron chi connectivity index (χ2n) is 3.63. The first-order valence-corrected chi connectivity index (χ1v) is 5.99. The van der Waals surface area contributed by atoms with Crippen molar-refractivity contribution < 1.29 is 19.2 Å². The molecule has 0 aromatic carbocycles. The van der Waals surface area contributed by atoms with Gasteiger partial charge in [-0.25, -0.2) is 4.98 Å². The number of nitro groups is 1. The van der Waals surface area contributed by atoms with Crippen molar-refractivity contribution in [3.05, 3.63) is 16.4 Å². The standard InChI is InChI=1S/C11H16N4O5/c1-4-14(6-8(16)20-5-2)10-9(15(17)18)11(19-3)13-7-12-10/h7H,4-6H2,1-3H3. The first kappa shape index (κ1) is 15.6. The Morgan fingerprint density at radius 3 is 2.65 bits per heavy atom. The van der Waals surface area contributed by atoms with Crippen molar-refractivity contribution in [3.63, 3.8) is 0 Å². The Bertz CT molecular complexity index is 494. The van der Waals surface area contributed by atoms with Gasteiger partial charge in [0.05, 0.1) is 18.6 Å². The molecule has 1 rings (SSSR count). The molecule has 1 aromatic rings. The zero-order valence-electron chi connectivity index (χ0n) is 11.5. The molecule has 20 heavy (non-hydrogen) atoms. The van der Waals surface area contributed by atoms with Gasteiger partial charge in [-0.05, 0) is 13.8 Å². The molecule has 0 amide bonds. The third-order valence-electron chi connectivity index (χ3n) is 2.45. The smallest absolute Gasteiger partial charge is 0.372 e. The van der Waals surface area contributed by atoms with Crippen LogP contribution in [0.3, 0.4) is 0 Å². The number of hydrogen-bond acceptors (Lipinski definition) is 8. The second-order valence-corrected chi connectivity index (χ2v) is 3.63. The zero-order valence-corrected chi connectivity index (χ0v) is 11.5. The quantitative estimate of drug-likeness (QED) is 0.410. The minimum Gasteiger partial charge on any atom is -0.476 e. The van der Waals surface area contributed by atoms with Crippen LogP contribution in [0.4, 0.5) is 11.5 Å². The van der Waals surface area contributed by atoms with E-state index in [1.54, 1.807) is 13.8 Å². The maximum Gasteiger partial charge on any atom is 0.372 e. The van der Waals surface area contributed by atoms with Gasteiger partial charge < -0.3 is 14.4 Å². The van der Waals surface area contributed by atoms with E-state index < -0.39 is 10.9 Å². The number of likely N-dealkylation sites (N-methyl/N-ethyl adjacent to an activating group) is 1. The van der Waals surface area contributed by atoms with Crippen LogP contribution in [0.15, 0.2) is 6.33 Å². The topological polar surface area (TPSA) is 108 Å². The monoisotopic (exact) mass is 284 g/mol. The van der Waals surface area contributed by atoms with Crippen LogP contribution in [-0.4, -0.2) is 47.7 Å². The summed E-state index contributed by atoms with van der Waals surface area (Å²) in [6, 6.07) is 0. The summed E-state index contributed by atoms with van der Waals surface area (Å²) in [7, 11) is 1.28. The van der Waals surface area contributed by atoms with E-state index >= 15 is 0 Å². The van der Waals surface area contributed by atoms with Crippen molar-refractivity contribution in [3.8, 4) is 5.88 Å². The number of ether oxygens (including phenoxy) is 2. The van der Waals surface area contributed by atoms with Gasteiger partial charge in [-0.3, -0.25) is 14.9 Å². The highest BCUT2D eigenvalue weighted by Gasteiger charge is 2.28. The molecule has 1 aromatic heterocycles. The van der Waals surface area contributed by atoms with E-state index in [1.807, 2.05) is 0 Å². The lowest BCUT2D eigenvalue weighted by atomic mass is 10.4. The highest BCUT2D eigenvalue weighted by molar-refractivity contribution is 5.77. The summed E-state index contributed by atoms with van der Waals surface area (Å²) in [6.45, 7) is 3.89. The minimum absolute atomic E-state index is 0.0254. The Hall–Kier alpha value is -2.45. The van der Waals surface area contributed by atoms with Crippen LogP contribution in [-0.2, 0) is 9.53 Å². The van der Waals surface area contributed by atoms with Gasteiger partial charge in [-0.15, -0.1) is 0 Å². The molecule has 110 valence electrons. The molecule has 9 heteroatoms. The molecule has 0 saturated carbocycles. The van der Waals surface area contributed by atoms with E-state index in [2.05, 4.69) is 9.97 Å². The Kier molecular flexibility index (Phi) is 5.63. The van der Waals surface area contributed by atoms with E-state index in [0.29, 0.717) is 6.54 Å². The fraction of sp³-hybridized carbons (Fsp3) is 0.545. The Morgan fingerprint density at radius 2 is 2.15 bits per heavy atom. The molecule has 0 bridgehead atoms. The van der Waals surface area contributed by atoms with Crippen molar-refractivity contribution in [2.45, 2.75) is 13.8 Å². The van der Waals surface area contributed by atoms with Crippen molar-refractivity contribution in [1.29, 1.82) is 0 Å². The fourth-order valence-corrected chi connectivity index (χ4v) is 1.59. The average Bonchev–Trinajstić information content (AvgIpc) is 2.44. The molecular weight excluding hydrogens is 268 g/mol. The minimum atomic E-state index is -0.637. The molecule has 0 aliphatic heterocycles. The van der Waals surface area contributed by atoms with Gasteiger partial charge >= 0.3 is 11.7 Å². The van der Waals surface area contributed by atoms with E-state index in [9.17, 15) is 14.9 Å². The number of nitrogens with zero attached hydrogens (tertiary/aromatic N) is 4. The Labute approximate surface area is 115 Å². The largest absolute Gasteiger partial charge is 0.476 e. The van der Waals surface area contributed by atoms with Gasteiger partial charge in [-0.2, -0.15) is 4.98 Å².